The van der Waals surface area contributed by atoms with E-state index >= 15 is 0 Å². The number of hydrogen-bond donors (Lipinski definition) is 2. The second-order valence-electron chi connectivity index (χ2n) is 9.41. The van der Waals surface area contributed by atoms with Crippen molar-refractivity contribution < 1.29 is 23.8 Å². The number of nitrogens with one attached hydrogen (secondary N) is 1. The number of allylic oxidation sites excluding steroid dienone is 3. The number of halogens is 1. The Hall–Kier alpha value is -4.25. The lowest BCUT2D eigenvalue weighted by Gasteiger charge is -2.38. The highest BCUT2D eigenvalue weighted by Crippen LogP contribution is 2.52. The lowest BCUT2D eigenvalue weighted by atomic mass is 9.75. The average Bonchev–Trinajstić information content (AvgIpc) is 3.48. The molecule has 0 spiro atoms. The van der Waals surface area contributed by atoms with Crippen LogP contribution in [0, 0.1) is 11.3 Å². The number of ketones is 1. The monoisotopic (exact) mass is 638 g/mol. The third-order valence-corrected chi connectivity index (χ3v) is 9.39. The van der Waals surface area contributed by atoms with Crippen molar-refractivity contribution >= 4 is 57.2 Å². The number of Topliss-reactive ketones (excluding diaryl/α,β-unsaturated/α-hetero) is 1. The maximum atomic E-state index is 13.5. The van der Waals surface area contributed by atoms with Crippen LogP contribution in [0.3, 0.4) is 0 Å². The number of ether oxygens (including phenoxy) is 3. The minimum Gasteiger partial charge on any atom is -0.493 e. The summed E-state index contributed by atoms with van der Waals surface area (Å²) in [6.45, 7) is 0. The van der Waals surface area contributed by atoms with Gasteiger partial charge in [0.1, 0.15) is 5.82 Å². The molecule has 1 aliphatic carbocycles. The number of hydrogen-bond acceptors (Lipinski definition) is 12. The molecule has 0 radical (unpaired) electrons. The summed E-state index contributed by atoms with van der Waals surface area (Å²) in [6.07, 6.45) is 1.48. The third-order valence-electron chi connectivity index (χ3n) is 7.02. The lowest BCUT2D eigenvalue weighted by molar-refractivity contribution is -0.116. The third kappa shape index (κ3) is 5.73. The lowest BCUT2D eigenvalue weighted by Crippen LogP contribution is -2.38. The number of nitriles is 1. The highest BCUT2D eigenvalue weighted by Gasteiger charge is 2.43. The van der Waals surface area contributed by atoms with Crippen LogP contribution in [0.25, 0.3) is 0 Å². The first-order valence-electron chi connectivity index (χ1n) is 13.1. The maximum Gasteiger partial charge on any atom is 0.234 e. The van der Waals surface area contributed by atoms with Crippen molar-refractivity contribution in [2.45, 2.75) is 29.5 Å². The van der Waals surface area contributed by atoms with E-state index in [1.165, 1.54) is 44.4 Å². The molecule has 5 rings (SSSR count). The molecule has 43 heavy (non-hydrogen) atoms. The van der Waals surface area contributed by atoms with Crippen LogP contribution in [0.2, 0.25) is 5.02 Å². The zero-order valence-electron chi connectivity index (χ0n) is 23.5. The van der Waals surface area contributed by atoms with E-state index in [1.54, 1.807) is 41.3 Å². The van der Waals surface area contributed by atoms with Gasteiger partial charge in [0, 0.05) is 23.3 Å². The van der Waals surface area contributed by atoms with Gasteiger partial charge in [-0.25, -0.2) is 0 Å². The number of anilines is 2. The molecule has 1 atom stereocenters. The molecule has 1 aromatic heterocycles. The fourth-order valence-electron chi connectivity index (χ4n) is 5.20. The van der Waals surface area contributed by atoms with Crippen LogP contribution in [0.5, 0.6) is 17.2 Å². The van der Waals surface area contributed by atoms with Gasteiger partial charge in [-0.3, -0.25) is 14.5 Å². The zero-order valence-corrected chi connectivity index (χ0v) is 25.9. The predicted molar refractivity (Wildman–Crippen MR) is 165 cm³/mol. The van der Waals surface area contributed by atoms with E-state index in [4.69, 9.17) is 31.5 Å². The minimum atomic E-state index is -0.783. The van der Waals surface area contributed by atoms with Crippen LogP contribution in [0.15, 0.2) is 63.4 Å². The molecule has 14 heteroatoms. The van der Waals surface area contributed by atoms with Crippen LogP contribution in [-0.2, 0) is 9.59 Å². The van der Waals surface area contributed by atoms with Gasteiger partial charge in [-0.1, -0.05) is 52.9 Å². The van der Waals surface area contributed by atoms with Crippen molar-refractivity contribution in [3.05, 3.63) is 69.6 Å². The molecule has 1 amide bonds. The van der Waals surface area contributed by atoms with Gasteiger partial charge in [-0.15, -0.1) is 10.2 Å². The van der Waals surface area contributed by atoms with Crippen molar-refractivity contribution in [1.29, 1.82) is 5.26 Å². The number of aromatic nitrogens is 2. The molecule has 2 heterocycles. The largest absolute Gasteiger partial charge is 0.493 e. The van der Waals surface area contributed by atoms with Crippen molar-refractivity contribution in [1.82, 2.24) is 10.2 Å². The quantitative estimate of drug-likeness (QED) is 0.295. The topological polar surface area (TPSA) is 153 Å². The highest BCUT2D eigenvalue weighted by molar-refractivity contribution is 8.01. The van der Waals surface area contributed by atoms with Gasteiger partial charge in [-0.05, 0) is 31.0 Å². The average molecular weight is 639 g/mol. The number of carbonyl (C=O) groups excluding carboxylic acids is 2. The number of methoxy groups -OCH3 is 3. The van der Waals surface area contributed by atoms with E-state index in [-0.39, 0.29) is 28.8 Å². The number of para-hydroxylation sites is 1. The van der Waals surface area contributed by atoms with Gasteiger partial charge in [-0.2, -0.15) is 5.26 Å². The number of amides is 1. The first kappa shape index (κ1) is 30.2. The van der Waals surface area contributed by atoms with Crippen LogP contribution >= 0.6 is 34.7 Å². The Balaban J connectivity index is 1.49. The van der Waals surface area contributed by atoms with E-state index in [0.717, 1.165) is 0 Å². The molecular formula is C29H27ClN6O5S2. The fourth-order valence-corrected chi connectivity index (χ4v) is 7.06. The number of rotatable bonds is 9. The van der Waals surface area contributed by atoms with Crippen molar-refractivity contribution in [3.63, 3.8) is 0 Å². The first-order valence-corrected chi connectivity index (χ1v) is 15.3. The Morgan fingerprint density at radius 2 is 1.93 bits per heavy atom. The molecule has 3 aromatic rings. The number of thioether (sulfide) groups is 1. The molecule has 0 saturated carbocycles. The van der Waals surface area contributed by atoms with Crippen LogP contribution in [0.4, 0.5) is 10.8 Å². The second-order valence-corrected chi connectivity index (χ2v) is 12.0. The number of benzene rings is 2. The van der Waals surface area contributed by atoms with Crippen LogP contribution in [0.1, 0.15) is 30.7 Å². The van der Waals surface area contributed by atoms with Gasteiger partial charge in [0.2, 0.25) is 16.8 Å². The molecule has 11 nitrogen and oxygen atoms in total. The highest BCUT2D eigenvalue weighted by atomic mass is 35.5. The van der Waals surface area contributed by atoms with Gasteiger partial charge < -0.3 is 25.3 Å². The number of carbonyl (C=O) groups is 2. The number of nitrogens with two attached hydrogens (primary N) is 1. The molecular weight excluding hydrogens is 612 g/mol. The number of nitrogens with zero attached hydrogens (tertiary/aromatic N) is 4. The summed E-state index contributed by atoms with van der Waals surface area (Å²) < 4.78 is 17.2. The maximum absolute atomic E-state index is 13.5. The van der Waals surface area contributed by atoms with E-state index < -0.39 is 5.92 Å². The van der Waals surface area contributed by atoms with E-state index in [0.29, 0.717) is 73.5 Å². The molecule has 2 aromatic carbocycles. The molecule has 3 N–H and O–H groups in total. The SMILES string of the molecule is COc1ccc(C2C(C#N)=C(N)N(c3nnc(SCC(=O)Nc4ccccc4Cl)s3)C3=C2C(=O)CCC3)c(OC)c1OC. The summed E-state index contributed by atoms with van der Waals surface area (Å²) in [5, 5.41) is 22.5. The van der Waals surface area contributed by atoms with Crippen LogP contribution < -0.4 is 30.2 Å². The fraction of sp³-hybridized carbons (Fsp3) is 0.276. The standard InChI is InChI=1S/C29H27ClN6O5S2/c1-39-21-12-11-15(25(40-2)26(21)41-3)23-16(13-31)27(32)36(19-9-6-10-20(37)24(19)23)28-34-35-29(43-28)42-14-22(38)33-18-8-5-4-7-17(18)30/h4-5,7-8,11-12,23H,6,9-10,14,32H2,1-3H3,(H,33,38). The summed E-state index contributed by atoms with van der Waals surface area (Å²) >= 11 is 8.55. The zero-order chi connectivity index (χ0) is 30.7. The van der Waals surface area contributed by atoms with E-state index in [1.807, 2.05) is 0 Å². The Morgan fingerprint density at radius 3 is 2.63 bits per heavy atom. The summed E-state index contributed by atoms with van der Waals surface area (Å²) in [5.41, 5.74) is 9.04. The summed E-state index contributed by atoms with van der Waals surface area (Å²) in [6, 6.07) is 12.7. The Labute approximate surface area is 261 Å². The molecule has 0 bridgehead atoms. The molecule has 1 unspecified atom stereocenters. The normalized spacial score (nSPS) is 16.5. The molecule has 1 aliphatic heterocycles. The van der Waals surface area contributed by atoms with E-state index in [2.05, 4.69) is 21.6 Å². The van der Waals surface area contributed by atoms with Crippen LogP contribution in [-0.4, -0.2) is 49.0 Å². The molecule has 2 aliphatic rings. The summed E-state index contributed by atoms with van der Waals surface area (Å²) in [7, 11) is 4.49. The van der Waals surface area contributed by atoms with Gasteiger partial charge in [0.25, 0.3) is 0 Å². The Kier molecular flexibility index (Phi) is 9.10. The molecule has 0 fully saturated rings. The van der Waals surface area contributed by atoms with Crippen molar-refractivity contribution in [3.8, 4) is 23.3 Å². The van der Waals surface area contributed by atoms with Crippen molar-refractivity contribution in [2.24, 2.45) is 5.73 Å². The first-order chi connectivity index (χ1) is 20.8. The minimum absolute atomic E-state index is 0.0717. The van der Waals surface area contributed by atoms with E-state index in [9.17, 15) is 14.9 Å². The predicted octanol–water partition coefficient (Wildman–Crippen LogP) is 5.25. The molecule has 222 valence electrons. The van der Waals surface area contributed by atoms with Gasteiger partial charge in [0.05, 0.1) is 55.4 Å². The second kappa shape index (κ2) is 12.9. The Morgan fingerprint density at radius 1 is 1.16 bits per heavy atom. The van der Waals surface area contributed by atoms with Crippen molar-refractivity contribution in [2.75, 3.05) is 37.3 Å². The molecule has 0 saturated heterocycles. The van der Waals surface area contributed by atoms with Gasteiger partial charge >= 0.3 is 0 Å². The Bertz CT molecular complexity index is 1700. The summed E-state index contributed by atoms with van der Waals surface area (Å²) in [4.78, 5) is 27.7. The summed E-state index contributed by atoms with van der Waals surface area (Å²) in [5.74, 6) is 0.210. The smallest absolute Gasteiger partial charge is 0.234 e. The van der Waals surface area contributed by atoms with Gasteiger partial charge in [0.15, 0.2) is 21.6 Å².